The average molecular weight is 624 g/mol. The van der Waals surface area contributed by atoms with Gasteiger partial charge in [0, 0.05) is 5.56 Å². The van der Waals surface area contributed by atoms with Crippen molar-refractivity contribution in [1.82, 2.24) is 16.0 Å². The molecule has 242 valence electrons. The number of alkyl carbamates (subject to hydrolysis) is 1. The highest BCUT2D eigenvalue weighted by molar-refractivity contribution is 5.99. The zero-order valence-corrected chi connectivity index (χ0v) is 25.3. The molecule has 1 aromatic carbocycles. The van der Waals surface area contributed by atoms with Crippen LogP contribution in [0.3, 0.4) is 0 Å². The number of hydrogen-bond acceptors (Lipinski definition) is 13. The van der Waals surface area contributed by atoms with E-state index >= 15 is 0 Å². The lowest BCUT2D eigenvalue weighted by atomic mass is 10.1. The van der Waals surface area contributed by atoms with Crippen LogP contribution in [0.4, 0.5) is 4.79 Å². The van der Waals surface area contributed by atoms with Crippen LogP contribution >= 0.6 is 0 Å². The first-order valence-electron chi connectivity index (χ1n) is 13.2. The first kappa shape index (κ1) is 37.0. The van der Waals surface area contributed by atoms with Crippen molar-refractivity contribution in [2.75, 3.05) is 27.9 Å². The normalized spacial score (nSPS) is 12.7. The Bertz CT molecular complexity index is 1210. The maximum absolute atomic E-state index is 13.2. The molecule has 0 aliphatic rings. The van der Waals surface area contributed by atoms with Crippen molar-refractivity contribution in [2.24, 2.45) is 0 Å². The lowest BCUT2D eigenvalue weighted by Crippen LogP contribution is -2.57. The number of nitrogens with one attached hydrogen (secondary N) is 3. The van der Waals surface area contributed by atoms with E-state index in [-0.39, 0.29) is 5.56 Å². The molecule has 0 aliphatic carbocycles. The van der Waals surface area contributed by atoms with Gasteiger partial charge < -0.3 is 39.6 Å². The predicted molar refractivity (Wildman–Crippen MR) is 149 cm³/mol. The van der Waals surface area contributed by atoms with Gasteiger partial charge in [-0.05, 0) is 20.8 Å². The van der Waals surface area contributed by atoms with Gasteiger partial charge in [-0.25, -0.2) is 9.59 Å². The highest BCUT2D eigenvalue weighted by atomic mass is 16.6. The summed E-state index contributed by atoms with van der Waals surface area (Å²) in [5.41, 5.74) is -0.713. The third-order valence-corrected chi connectivity index (χ3v) is 5.48. The molecule has 0 fully saturated rings. The molecule has 0 saturated heterocycles. The van der Waals surface area contributed by atoms with Crippen molar-refractivity contribution < 1.29 is 62.0 Å². The van der Waals surface area contributed by atoms with E-state index in [9.17, 15) is 38.4 Å². The third kappa shape index (κ3) is 13.8. The van der Waals surface area contributed by atoms with E-state index in [2.05, 4.69) is 30.2 Å². The molecule has 16 nitrogen and oxygen atoms in total. The SMILES string of the molecule is COC(=O)C[C@H](NC(=O)OC(C)(C)C)C(=O)N[C@@H](CC(=O)OC)C(=O)N[C@@H](CC(=O)OC)C(=O)OCC(=O)c1ccccc1. The zero-order valence-electron chi connectivity index (χ0n) is 25.3. The van der Waals surface area contributed by atoms with Crippen molar-refractivity contribution in [3.8, 4) is 0 Å². The molecule has 0 aliphatic heterocycles. The number of ether oxygens (including phenoxy) is 5. The van der Waals surface area contributed by atoms with Crippen LogP contribution in [0.2, 0.25) is 0 Å². The van der Waals surface area contributed by atoms with Gasteiger partial charge in [0.25, 0.3) is 0 Å². The lowest BCUT2D eigenvalue weighted by molar-refractivity contribution is -0.152. The second-order valence-electron chi connectivity index (χ2n) is 10.1. The second kappa shape index (κ2) is 17.8. The molecule has 1 aromatic rings. The number of carbonyl (C=O) groups is 8. The molecule has 0 spiro atoms. The number of esters is 4. The van der Waals surface area contributed by atoms with Gasteiger partial charge in [-0.15, -0.1) is 0 Å². The fourth-order valence-corrected chi connectivity index (χ4v) is 3.30. The number of methoxy groups -OCH3 is 3. The number of Topliss-reactive ketones (excluding diaryl/α,β-unsaturated/α-hetero) is 1. The quantitative estimate of drug-likeness (QED) is 0.133. The molecule has 44 heavy (non-hydrogen) atoms. The lowest BCUT2D eigenvalue weighted by Gasteiger charge is -2.25. The van der Waals surface area contributed by atoms with Gasteiger partial charge >= 0.3 is 30.0 Å². The van der Waals surface area contributed by atoms with E-state index < -0.39 is 97.2 Å². The molecule has 3 N–H and O–H groups in total. The highest BCUT2D eigenvalue weighted by Gasteiger charge is 2.34. The monoisotopic (exact) mass is 623 g/mol. The number of ketones is 1. The Morgan fingerprint density at radius 1 is 0.659 bits per heavy atom. The number of benzene rings is 1. The standard InChI is InChI=1S/C28H37N3O13/c1-28(2,3)44-27(39)31-18(13-22(34)41-5)25(37)29-17(12-21(33)40-4)24(36)30-19(14-23(35)42-6)26(38)43-15-20(32)16-10-8-7-9-11-16/h7-11,17-19H,12-15H2,1-6H3,(H,29,37)(H,30,36)(H,31,39)/t17-,18-,19-/m0/s1. The van der Waals surface area contributed by atoms with Crippen molar-refractivity contribution in [3.63, 3.8) is 0 Å². The third-order valence-electron chi connectivity index (χ3n) is 5.48. The van der Waals surface area contributed by atoms with E-state index in [0.717, 1.165) is 21.3 Å². The minimum Gasteiger partial charge on any atom is -0.469 e. The Labute approximate surface area is 253 Å². The van der Waals surface area contributed by atoms with E-state index in [1.807, 2.05) is 0 Å². The van der Waals surface area contributed by atoms with Gasteiger partial charge in [0.05, 0.1) is 40.6 Å². The van der Waals surface area contributed by atoms with Crippen molar-refractivity contribution in [1.29, 1.82) is 0 Å². The minimum absolute atomic E-state index is 0.246. The topological polar surface area (TPSA) is 219 Å². The molecule has 3 atom stereocenters. The average Bonchev–Trinajstić information content (AvgIpc) is 2.97. The fourth-order valence-electron chi connectivity index (χ4n) is 3.30. The maximum Gasteiger partial charge on any atom is 0.408 e. The van der Waals surface area contributed by atoms with E-state index in [0.29, 0.717) is 0 Å². The largest absolute Gasteiger partial charge is 0.469 e. The van der Waals surface area contributed by atoms with Crippen molar-refractivity contribution in [3.05, 3.63) is 35.9 Å². The molecule has 0 radical (unpaired) electrons. The summed E-state index contributed by atoms with van der Waals surface area (Å²) in [6.45, 7) is 3.97. The Kier molecular flexibility index (Phi) is 15.0. The van der Waals surface area contributed by atoms with Gasteiger partial charge in [0.2, 0.25) is 11.8 Å². The second-order valence-corrected chi connectivity index (χ2v) is 10.1. The van der Waals surface area contributed by atoms with Gasteiger partial charge in [-0.1, -0.05) is 30.3 Å². The Balaban J connectivity index is 3.16. The predicted octanol–water partition coefficient (Wildman–Crippen LogP) is -0.0353. The minimum atomic E-state index is -1.74. The zero-order chi connectivity index (χ0) is 33.4. The molecule has 0 unspecified atom stereocenters. The summed E-state index contributed by atoms with van der Waals surface area (Å²) in [5, 5.41) is 6.60. The van der Waals surface area contributed by atoms with Crippen LogP contribution in [0.5, 0.6) is 0 Å². The Hall–Kier alpha value is -5.02. The van der Waals surface area contributed by atoms with Crippen LogP contribution < -0.4 is 16.0 Å². The van der Waals surface area contributed by atoms with E-state index in [1.165, 1.54) is 12.1 Å². The molecule has 0 aromatic heterocycles. The van der Waals surface area contributed by atoms with E-state index in [1.54, 1.807) is 39.0 Å². The van der Waals surface area contributed by atoms with Crippen LogP contribution in [0.25, 0.3) is 0 Å². The van der Waals surface area contributed by atoms with Crippen LogP contribution in [-0.4, -0.2) is 99.2 Å². The molecule has 16 heteroatoms. The van der Waals surface area contributed by atoms with Gasteiger partial charge in [-0.2, -0.15) is 0 Å². The number of rotatable bonds is 15. The molecule has 0 heterocycles. The number of amides is 3. The number of hydrogen-bond donors (Lipinski definition) is 3. The molecule has 0 bridgehead atoms. The van der Waals surface area contributed by atoms with Crippen LogP contribution in [0.1, 0.15) is 50.4 Å². The van der Waals surface area contributed by atoms with Gasteiger partial charge in [0.15, 0.2) is 12.4 Å². The summed E-state index contributed by atoms with van der Waals surface area (Å²) in [6.07, 6.45) is -3.25. The Morgan fingerprint density at radius 3 is 1.55 bits per heavy atom. The molecule has 3 amide bonds. The van der Waals surface area contributed by atoms with Gasteiger partial charge in [-0.3, -0.25) is 28.8 Å². The number of carbonyl (C=O) groups excluding carboxylic acids is 8. The van der Waals surface area contributed by atoms with Crippen molar-refractivity contribution >= 4 is 47.6 Å². The smallest absolute Gasteiger partial charge is 0.408 e. The van der Waals surface area contributed by atoms with Gasteiger partial charge in [0.1, 0.15) is 23.7 Å². The fraction of sp³-hybridized carbons (Fsp3) is 0.500. The molecule has 1 rings (SSSR count). The molecular weight excluding hydrogens is 586 g/mol. The maximum atomic E-state index is 13.2. The molecular formula is C28H37N3O13. The first-order valence-corrected chi connectivity index (χ1v) is 13.2. The highest BCUT2D eigenvalue weighted by Crippen LogP contribution is 2.09. The summed E-state index contributed by atoms with van der Waals surface area (Å²) in [5.74, 6) is -6.81. The summed E-state index contributed by atoms with van der Waals surface area (Å²) < 4.78 is 23.8. The summed E-state index contributed by atoms with van der Waals surface area (Å²) in [6, 6.07) is 2.80. The Morgan fingerprint density at radius 2 is 1.09 bits per heavy atom. The molecule has 0 saturated carbocycles. The first-order chi connectivity index (χ1) is 20.6. The summed E-state index contributed by atoms with van der Waals surface area (Å²) in [4.78, 5) is 99.7. The van der Waals surface area contributed by atoms with E-state index in [4.69, 9.17) is 9.47 Å². The van der Waals surface area contributed by atoms with Crippen LogP contribution in [-0.2, 0) is 52.5 Å². The summed E-state index contributed by atoms with van der Waals surface area (Å²) >= 11 is 0. The van der Waals surface area contributed by atoms with Crippen LogP contribution in [0.15, 0.2) is 30.3 Å². The summed E-state index contributed by atoms with van der Waals surface area (Å²) in [7, 11) is 3.10. The van der Waals surface area contributed by atoms with Crippen molar-refractivity contribution in [2.45, 2.75) is 63.8 Å². The van der Waals surface area contributed by atoms with Crippen LogP contribution in [0, 0.1) is 0 Å².